The van der Waals surface area contributed by atoms with Crippen LogP contribution in [0.25, 0.3) is 0 Å². The number of hydrogen-bond donors (Lipinski definition) is 0. The molecule has 0 aromatic heterocycles. The van der Waals surface area contributed by atoms with Gasteiger partial charge in [0.25, 0.3) is 0 Å². The van der Waals surface area contributed by atoms with Crippen LogP contribution in [0.1, 0.15) is 115 Å². The largest absolute Gasteiger partial charge is 2.00 e. The smallest absolute Gasteiger partial charge is 0.744 e. The molecule has 0 amide bonds. The molecule has 0 radical (unpaired) electrons. The first-order valence-corrected chi connectivity index (χ1v) is 17.0. The standard InChI is InChI=1S/2C15H24O3S.Ba/c2*1-2-3-4-5-6-7-8-11-14-12-9-10-13-15(14)19(16,17)18;/h2*9-10,12-13H,2-8,11H2,1H3,(H,16,17,18);/q;;+2/p-2. The molecule has 0 fully saturated rings. The van der Waals surface area contributed by atoms with Crippen molar-refractivity contribution in [2.45, 2.75) is 126 Å². The summed E-state index contributed by atoms with van der Waals surface area (Å²) in [5.74, 6) is 0. The van der Waals surface area contributed by atoms with Gasteiger partial charge >= 0.3 is 48.9 Å². The van der Waals surface area contributed by atoms with Gasteiger partial charge in [0.2, 0.25) is 0 Å². The van der Waals surface area contributed by atoms with E-state index < -0.39 is 20.2 Å². The number of hydrogen-bond acceptors (Lipinski definition) is 6. The Morgan fingerprint density at radius 3 is 1.08 bits per heavy atom. The van der Waals surface area contributed by atoms with Crippen LogP contribution in [0.4, 0.5) is 0 Å². The average Bonchev–Trinajstić information content (AvgIpc) is 2.87. The molecule has 0 unspecified atom stereocenters. The van der Waals surface area contributed by atoms with Crippen molar-refractivity contribution in [3.05, 3.63) is 59.7 Å². The first-order chi connectivity index (χ1) is 18.1. The van der Waals surface area contributed by atoms with E-state index >= 15 is 0 Å². The Morgan fingerprint density at radius 1 is 0.487 bits per heavy atom. The molecule has 0 aliphatic heterocycles. The van der Waals surface area contributed by atoms with Crippen molar-refractivity contribution >= 4 is 69.1 Å². The molecule has 0 aliphatic carbocycles. The van der Waals surface area contributed by atoms with Crippen LogP contribution in [0.15, 0.2) is 58.3 Å². The van der Waals surface area contributed by atoms with E-state index in [4.69, 9.17) is 0 Å². The Bertz CT molecular complexity index is 1030. The molecule has 0 saturated heterocycles. The summed E-state index contributed by atoms with van der Waals surface area (Å²) in [6.07, 6.45) is 17.9. The SMILES string of the molecule is CCCCCCCCCc1ccccc1S(=O)(=O)[O-].CCCCCCCCCc1ccccc1S(=O)(=O)[O-].[Ba+2]. The van der Waals surface area contributed by atoms with E-state index in [1.165, 1.54) is 76.3 Å². The van der Waals surface area contributed by atoms with Crippen LogP contribution in [0, 0.1) is 0 Å². The molecule has 9 heteroatoms. The molecule has 0 saturated carbocycles. The van der Waals surface area contributed by atoms with Gasteiger partial charge in [-0.2, -0.15) is 0 Å². The van der Waals surface area contributed by atoms with Gasteiger partial charge in [-0.15, -0.1) is 0 Å². The van der Waals surface area contributed by atoms with E-state index in [2.05, 4.69) is 13.8 Å². The molecule has 2 aromatic rings. The predicted octanol–water partition coefficient (Wildman–Crippen LogP) is 7.39. The molecule has 0 heterocycles. The van der Waals surface area contributed by atoms with Crippen molar-refractivity contribution in [2.24, 2.45) is 0 Å². The third-order valence-electron chi connectivity index (χ3n) is 6.58. The first kappa shape index (κ1) is 38.8. The van der Waals surface area contributed by atoms with Crippen LogP contribution in [0.5, 0.6) is 0 Å². The predicted molar refractivity (Wildman–Crippen MR) is 158 cm³/mol. The summed E-state index contributed by atoms with van der Waals surface area (Å²) in [4.78, 5) is -0.109. The summed E-state index contributed by atoms with van der Waals surface area (Å²) < 4.78 is 66.6. The van der Waals surface area contributed by atoms with Crippen LogP contribution in [-0.4, -0.2) is 74.8 Å². The fourth-order valence-electron chi connectivity index (χ4n) is 4.45. The molecule has 39 heavy (non-hydrogen) atoms. The monoisotopic (exact) mass is 704 g/mol. The van der Waals surface area contributed by atoms with E-state index in [0.717, 1.165) is 25.7 Å². The van der Waals surface area contributed by atoms with E-state index in [1.54, 1.807) is 36.4 Å². The van der Waals surface area contributed by atoms with Gasteiger partial charge in [0.1, 0.15) is 20.2 Å². The Labute approximate surface area is 278 Å². The molecular weight excluding hydrogens is 658 g/mol. The maximum Gasteiger partial charge on any atom is 2.00 e. The topological polar surface area (TPSA) is 114 Å². The van der Waals surface area contributed by atoms with Gasteiger partial charge in [0.05, 0.1) is 9.79 Å². The molecule has 0 bridgehead atoms. The third-order valence-corrected chi connectivity index (χ3v) is 8.46. The summed E-state index contributed by atoms with van der Waals surface area (Å²) in [6, 6.07) is 13.0. The minimum Gasteiger partial charge on any atom is -0.744 e. The zero-order chi connectivity index (χ0) is 28.3. The van der Waals surface area contributed by atoms with Crippen LogP contribution in [0.3, 0.4) is 0 Å². The maximum atomic E-state index is 11.1. The van der Waals surface area contributed by atoms with Crippen molar-refractivity contribution in [1.29, 1.82) is 0 Å². The van der Waals surface area contributed by atoms with Crippen LogP contribution in [-0.2, 0) is 33.1 Å². The van der Waals surface area contributed by atoms with Crippen LogP contribution < -0.4 is 0 Å². The second-order valence-corrected chi connectivity index (χ2v) is 12.6. The molecule has 2 aromatic carbocycles. The molecule has 0 spiro atoms. The summed E-state index contributed by atoms with van der Waals surface area (Å²) in [7, 11) is -8.68. The summed E-state index contributed by atoms with van der Waals surface area (Å²) >= 11 is 0. The molecule has 2 rings (SSSR count). The van der Waals surface area contributed by atoms with Crippen LogP contribution >= 0.6 is 0 Å². The quantitative estimate of drug-likeness (QED) is 0.0909. The van der Waals surface area contributed by atoms with E-state index in [0.29, 0.717) is 24.0 Å². The van der Waals surface area contributed by atoms with Gasteiger partial charge in [0, 0.05) is 0 Å². The van der Waals surface area contributed by atoms with Crippen molar-refractivity contribution in [3.8, 4) is 0 Å². The van der Waals surface area contributed by atoms with E-state index in [9.17, 15) is 25.9 Å². The first-order valence-electron chi connectivity index (χ1n) is 14.2. The van der Waals surface area contributed by atoms with Crippen molar-refractivity contribution in [3.63, 3.8) is 0 Å². The summed E-state index contributed by atoms with van der Waals surface area (Å²) in [6.45, 7) is 4.39. The minimum atomic E-state index is -4.34. The Morgan fingerprint density at radius 2 is 0.769 bits per heavy atom. The number of rotatable bonds is 18. The minimum absolute atomic E-state index is 0. The number of aryl methyl sites for hydroxylation is 2. The Balaban J connectivity index is 0.000000722. The fourth-order valence-corrected chi connectivity index (χ4v) is 5.93. The Kier molecular flexibility index (Phi) is 22.3. The van der Waals surface area contributed by atoms with Gasteiger partial charge in [-0.3, -0.25) is 0 Å². The second-order valence-electron chi connectivity index (χ2n) is 9.87. The van der Waals surface area contributed by atoms with Gasteiger partial charge in [-0.1, -0.05) is 127 Å². The second kappa shape index (κ2) is 22.4. The average molecular weight is 704 g/mol. The normalized spacial score (nSPS) is 11.4. The number of benzene rings is 2. The summed E-state index contributed by atoms with van der Waals surface area (Å²) in [5, 5.41) is 0. The number of unbranched alkanes of at least 4 members (excludes halogenated alkanes) is 12. The fraction of sp³-hybridized carbons (Fsp3) is 0.600. The summed E-state index contributed by atoms with van der Waals surface area (Å²) in [5.41, 5.74) is 1.32. The van der Waals surface area contributed by atoms with Gasteiger partial charge in [-0.05, 0) is 48.9 Å². The van der Waals surface area contributed by atoms with Crippen LogP contribution in [0.2, 0.25) is 0 Å². The third kappa shape index (κ3) is 18.1. The molecule has 216 valence electrons. The molecule has 6 nitrogen and oxygen atoms in total. The zero-order valence-corrected chi connectivity index (χ0v) is 30.0. The van der Waals surface area contributed by atoms with Crippen molar-refractivity contribution in [1.82, 2.24) is 0 Å². The molecule has 0 N–H and O–H groups in total. The molecular formula is C30H46BaO6S2. The maximum absolute atomic E-state index is 11.1. The van der Waals surface area contributed by atoms with Crippen molar-refractivity contribution < 1.29 is 25.9 Å². The van der Waals surface area contributed by atoms with Gasteiger partial charge in [0.15, 0.2) is 0 Å². The molecule has 0 atom stereocenters. The van der Waals surface area contributed by atoms with Crippen molar-refractivity contribution in [2.75, 3.05) is 0 Å². The van der Waals surface area contributed by atoms with Gasteiger partial charge in [-0.25, -0.2) is 16.8 Å². The van der Waals surface area contributed by atoms with Gasteiger partial charge < -0.3 is 9.11 Å². The van der Waals surface area contributed by atoms with E-state index in [-0.39, 0.29) is 58.7 Å². The zero-order valence-electron chi connectivity index (χ0n) is 23.9. The van der Waals surface area contributed by atoms with E-state index in [1.807, 2.05) is 0 Å². The molecule has 0 aliphatic rings. The Hall–Kier alpha value is -0.169.